The first kappa shape index (κ1) is 13.3. The standard InChI is InChI=1S/C10H11F3N2O2S/c11-10(12,13)7-5-18-9(14-7)15-8(16)4-6-2-1-3-17-6/h5-6H,1-4H2,(H,14,15,16). The monoisotopic (exact) mass is 280 g/mol. The average molecular weight is 280 g/mol. The molecule has 4 nitrogen and oxygen atoms in total. The van der Waals surface area contributed by atoms with Crippen LogP contribution in [0.2, 0.25) is 0 Å². The molecule has 1 aromatic rings. The van der Waals surface area contributed by atoms with Crippen molar-refractivity contribution >= 4 is 22.4 Å². The minimum Gasteiger partial charge on any atom is -0.378 e. The second-order valence-corrected chi connectivity index (χ2v) is 4.78. The molecule has 1 aromatic heterocycles. The molecule has 1 saturated heterocycles. The Morgan fingerprint density at radius 2 is 2.39 bits per heavy atom. The van der Waals surface area contributed by atoms with Gasteiger partial charge in [0.1, 0.15) is 0 Å². The van der Waals surface area contributed by atoms with Gasteiger partial charge in [-0.3, -0.25) is 4.79 Å². The summed E-state index contributed by atoms with van der Waals surface area (Å²) in [7, 11) is 0. The van der Waals surface area contributed by atoms with Crippen molar-refractivity contribution in [2.45, 2.75) is 31.5 Å². The van der Waals surface area contributed by atoms with Crippen LogP contribution < -0.4 is 5.32 Å². The summed E-state index contributed by atoms with van der Waals surface area (Å²) in [4.78, 5) is 14.8. The lowest BCUT2D eigenvalue weighted by Gasteiger charge is -2.07. The van der Waals surface area contributed by atoms with Crippen LogP contribution in [-0.2, 0) is 15.7 Å². The molecular weight excluding hydrogens is 269 g/mol. The second-order valence-electron chi connectivity index (χ2n) is 3.92. The average Bonchev–Trinajstić information content (AvgIpc) is 2.87. The van der Waals surface area contributed by atoms with E-state index in [2.05, 4.69) is 10.3 Å². The lowest BCUT2D eigenvalue weighted by molar-refractivity contribution is -0.140. The van der Waals surface area contributed by atoms with Gasteiger partial charge in [-0.2, -0.15) is 13.2 Å². The Morgan fingerprint density at radius 3 is 2.94 bits per heavy atom. The number of hydrogen-bond donors (Lipinski definition) is 1. The third-order valence-corrected chi connectivity index (χ3v) is 3.24. The van der Waals surface area contributed by atoms with Crippen LogP contribution in [0.4, 0.5) is 18.3 Å². The van der Waals surface area contributed by atoms with Crippen LogP contribution in [0, 0.1) is 0 Å². The van der Waals surface area contributed by atoms with E-state index >= 15 is 0 Å². The summed E-state index contributed by atoms with van der Waals surface area (Å²) in [6.45, 7) is 0.632. The van der Waals surface area contributed by atoms with E-state index in [4.69, 9.17) is 4.74 Å². The van der Waals surface area contributed by atoms with Gasteiger partial charge in [-0.05, 0) is 12.8 Å². The van der Waals surface area contributed by atoms with Gasteiger partial charge in [-0.1, -0.05) is 0 Å². The summed E-state index contributed by atoms with van der Waals surface area (Å²) in [5, 5.41) is 3.19. The quantitative estimate of drug-likeness (QED) is 0.926. The highest BCUT2D eigenvalue weighted by Gasteiger charge is 2.34. The van der Waals surface area contributed by atoms with E-state index in [1.54, 1.807) is 0 Å². The molecule has 1 fully saturated rings. The van der Waals surface area contributed by atoms with Crippen LogP contribution in [0.25, 0.3) is 0 Å². The number of alkyl halides is 3. The second kappa shape index (κ2) is 5.23. The van der Waals surface area contributed by atoms with Gasteiger partial charge >= 0.3 is 6.18 Å². The van der Waals surface area contributed by atoms with Gasteiger partial charge in [-0.25, -0.2) is 4.98 Å². The maximum atomic E-state index is 12.3. The molecule has 0 saturated carbocycles. The molecule has 2 rings (SSSR count). The molecule has 0 aliphatic carbocycles. The Balaban J connectivity index is 1.88. The number of aromatic nitrogens is 1. The van der Waals surface area contributed by atoms with Crippen molar-refractivity contribution in [2.24, 2.45) is 0 Å². The van der Waals surface area contributed by atoms with Crippen LogP contribution in [0.15, 0.2) is 5.38 Å². The van der Waals surface area contributed by atoms with Crippen LogP contribution in [-0.4, -0.2) is 23.6 Å². The van der Waals surface area contributed by atoms with Crippen molar-refractivity contribution in [3.63, 3.8) is 0 Å². The molecule has 18 heavy (non-hydrogen) atoms. The summed E-state index contributed by atoms with van der Waals surface area (Å²) >= 11 is 0.759. The van der Waals surface area contributed by atoms with Gasteiger partial charge in [0.15, 0.2) is 10.8 Å². The molecule has 1 aliphatic rings. The fourth-order valence-electron chi connectivity index (χ4n) is 1.64. The van der Waals surface area contributed by atoms with E-state index in [0.717, 1.165) is 29.6 Å². The number of nitrogens with one attached hydrogen (secondary N) is 1. The normalized spacial score (nSPS) is 20.1. The lowest BCUT2D eigenvalue weighted by atomic mass is 10.2. The van der Waals surface area contributed by atoms with Gasteiger partial charge in [-0.15, -0.1) is 11.3 Å². The number of ether oxygens (including phenoxy) is 1. The number of anilines is 1. The SMILES string of the molecule is O=C(CC1CCCO1)Nc1nc(C(F)(F)F)cs1. The van der Waals surface area contributed by atoms with Crippen molar-refractivity contribution in [3.05, 3.63) is 11.1 Å². The molecule has 1 unspecified atom stereocenters. The van der Waals surface area contributed by atoms with Crippen molar-refractivity contribution in [1.29, 1.82) is 0 Å². The molecule has 0 bridgehead atoms. The zero-order valence-corrected chi connectivity index (χ0v) is 10.1. The Morgan fingerprint density at radius 1 is 1.61 bits per heavy atom. The maximum absolute atomic E-state index is 12.3. The van der Waals surface area contributed by atoms with Gasteiger partial charge in [0.25, 0.3) is 0 Å². The lowest BCUT2D eigenvalue weighted by Crippen LogP contribution is -2.19. The Hall–Kier alpha value is -1.15. The van der Waals surface area contributed by atoms with Crippen LogP contribution in [0.5, 0.6) is 0 Å². The van der Waals surface area contributed by atoms with E-state index in [0.29, 0.717) is 6.61 Å². The first-order chi connectivity index (χ1) is 8.45. The van der Waals surface area contributed by atoms with Crippen molar-refractivity contribution in [1.82, 2.24) is 4.98 Å². The molecule has 1 aliphatic heterocycles. The van der Waals surface area contributed by atoms with E-state index in [1.165, 1.54) is 0 Å². The molecule has 100 valence electrons. The third kappa shape index (κ3) is 3.42. The zero-order valence-electron chi connectivity index (χ0n) is 9.29. The fraction of sp³-hybridized carbons (Fsp3) is 0.600. The summed E-state index contributed by atoms with van der Waals surface area (Å²) < 4.78 is 42.1. The van der Waals surface area contributed by atoms with E-state index < -0.39 is 11.9 Å². The minimum absolute atomic E-state index is 0.0367. The molecule has 0 spiro atoms. The number of halogens is 3. The number of thiazole rings is 1. The van der Waals surface area contributed by atoms with Gasteiger partial charge in [0, 0.05) is 12.0 Å². The van der Waals surface area contributed by atoms with Gasteiger partial charge in [0.2, 0.25) is 5.91 Å². The highest BCUT2D eigenvalue weighted by Crippen LogP contribution is 2.31. The molecule has 0 aromatic carbocycles. The topological polar surface area (TPSA) is 51.2 Å². The third-order valence-electron chi connectivity index (χ3n) is 2.48. The Labute approximate surface area is 105 Å². The molecule has 8 heteroatoms. The molecule has 1 N–H and O–H groups in total. The molecule has 2 heterocycles. The first-order valence-electron chi connectivity index (χ1n) is 5.39. The van der Waals surface area contributed by atoms with E-state index in [-0.39, 0.29) is 23.6 Å². The van der Waals surface area contributed by atoms with Crippen molar-refractivity contribution < 1.29 is 22.7 Å². The summed E-state index contributed by atoms with van der Waals surface area (Å²) in [6, 6.07) is 0. The zero-order chi connectivity index (χ0) is 13.2. The summed E-state index contributed by atoms with van der Waals surface area (Å²) in [6.07, 6.45) is -2.74. The van der Waals surface area contributed by atoms with E-state index in [9.17, 15) is 18.0 Å². The van der Waals surface area contributed by atoms with Crippen LogP contribution in [0.1, 0.15) is 25.0 Å². The smallest absolute Gasteiger partial charge is 0.378 e. The molecule has 1 amide bonds. The number of carbonyl (C=O) groups excluding carboxylic acids is 1. The minimum atomic E-state index is -4.48. The maximum Gasteiger partial charge on any atom is 0.434 e. The summed E-state index contributed by atoms with van der Waals surface area (Å²) in [5.41, 5.74) is -0.986. The number of amides is 1. The summed E-state index contributed by atoms with van der Waals surface area (Å²) in [5.74, 6) is -0.370. The van der Waals surface area contributed by atoms with E-state index in [1.807, 2.05) is 0 Å². The first-order valence-corrected chi connectivity index (χ1v) is 6.27. The van der Waals surface area contributed by atoms with Gasteiger partial charge < -0.3 is 10.1 Å². The van der Waals surface area contributed by atoms with Gasteiger partial charge in [0.05, 0.1) is 12.5 Å². The number of hydrogen-bond acceptors (Lipinski definition) is 4. The highest BCUT2D eigenvalue weighted by atomic mass is 32.1. The van der Waals surface area contributed by atoms with Crippen molar-refractivity contribution in [2.75, 3.05) is 11.9 Å². The predicted octanol–water partition coefficient (Wildman–Crippen LogP) is 2.67. The number of carbonyl (C=O) groups is 1. The van der Waals surface area contributed by atoms with Crippen molar-refractivity contribution in [3.8, 4) is 0 Å². The Kier molecular flexibility index (Phi) is 3.86. The van der Waals surface area contributed by atoms with Crippen LogP contribution >= 0.6 is 11.3 Å². The molecule has 1 atom stereocenters. The van der Waals surface area contributed by atoms with Crippen LogP contribution in [0.3, 0.4) is 0 Å². The Bertz CT molecular complexity index is 427. The predicted molar refractivity (Wildman–Crippen MR) is 59.3 cm³/mol. The highest BCUT2D eigenvalue weighted by molar-refractivity contribution is 7.13. The fourth-order valence-corrected chi connectivity index (χ4v) is 2.38. The number of nitrogens with zero attached hydrogens (tertiary/aromatic N) is 1. The largest absolute Gasteiger partial charge is 0.434 e. The number of rotatable bonds is 3. The molecule has 0 radical (unpaired) electrons. The molecular formula is C10H11F3N2O2S.